The van der Waals surface area contributed by atoms with Crippen molar-refractivity contribution in [3.05, 3.63) is 41.5 Å². The molecule has 0 spiro atoms. The van der Waals surface area contributed by atoms with E-state index < -0.39 is 0 Å². The van der Waals surface area contributed by atoms with Crippen molar-refractivity contribution in [2.45, 2.75) is 10.6 Å². The minimum atomic E-state index is 0. The van der Waals surface area contributed by atoms with Crippen LogP contribution < -0.4 is 0 Å². The monoisotopic (exact) mass is 213 g/mol. The Balaban J connectivity index is 0.000000720. The molecule has 0 N–H and O–H groups in total. The fourth-order valence-electron chi connectivity index (χ4n) is 1.46. The topological polar surface area (TPSA) is 0 Å². The van der Waals surface area contributed by atoms with Gasteiger partial charge in [-0.2, -0.15) is 0 Å². The molecule has 0 aliphatic heterocycles. The van der Waals surface area contributed by atoms with E-state index in [4.69, 9.17) is 0 Å². The van der Waals surface area contributed by atoms with Crippen LogP contribution in [0.25, 0.3) is 6.08 Å². The quantitative estimate of drug-likeness (QED) is 0.582. The zero-order valence-electron chi connectivity index (χ0n) is 6.87. The second kappa shape index (κ2) is 3.37. The van der Waals surface area contributed by atoms with Crippen LogP contribution in [-0.4, -0.2) is 0 Å². The Bertz CT molecular complexity index is 315. The molecule has 0 bridgehead atoms. The third kappa shape index (κ3) is 1.52. The maximum Gasteiger partial charge on any atom is -0.147 e. The molecule has 0 fully saturated rings. The van der Waals surface area contributed by atoms with Crippen LogP contribution in [0.4, 0.5) is 0 Å². The van der Waals surface area contributed by atoms with Gasteiger partial charge in [-0.15, -0.1) is 12.4 Å². The SMILES string of the molecule is C[C]1([Ti])C=Cc2ccccc21.Cl. The van der Waals surface area contributed by atoms with Gasteiger partial charge in [-0.25, -0.2) is 0 Å². The fraction of sp³-hybridized carbons (Fsp3) is 0.200. The van der Waals surface area contributed by atoms with Gasteiger partial charge in [0.25, 0.3) is 0 Å². The molecule has 1 unspecified atom stereocenters. The van der Waals surface area contributed by atoms with Crippen molar-refractivity contribution in [1.82, 2.24) is 0 Å². The Hall–Kier alpha value is -0.0357. The second-order valence-corrected chi connectivity index (χ2v) is 4.74. The number of hydrogen-bond acceptors (Lipinski definition) is 0. The minimum Gasteiger partial charge on any atom is -0.147 e. The van der Waals surface area contributed by atoms with Crippen LogP contribution >= 0.6 is 12.4 Å². The number of halogens is 1. The van der Waals surface area contributed by atoms with Crippen molar-refractivity contribution < 1.29 is 20.4 Å². The molecule has 0 radical (unpaired) electrons. The molecule has 1 aliphatic rings. The van der Waals surface area contributed by atoms with E-state index in [9.17, 15) is 0 Å². The molecule has 1 aromatic rings. The van der Waals surface area contributed by atoms with Gasteiger partial charge in [-0.1, -0.05) is 0 Å². The predicted octanol–water partition coefficient (Wildman–Crippen LogP) is 2.90. The molecule has 0 heterocycles. The van der Waals surface area contributed by atoms with E-state index in [1.807, 2.05) is 0 Å². The molecule has 1 atom stereocenters. The summed E-state index contributed by atoms with van der Waals surface area (Å²) in [5, 5.41) is 0. The van der Waals surface area contributed by atoms with Gasteiger partial charge in [0.2, 0.25) is 0 Å². The molecule has 2 rings (SSSR count). The number of allylic oxidation sites excluding steroid dienone is 1. The van der Waals surface area contributed by atoms with E-state index in [1.165, 1.54) is 11.1 Å². The van der Waals surface area contributed by atoms with Gasteiger partial charge >= 0.3 is 78.6 Å². The van der Waals surface area contributed by atoms with E-state index >= 15 is 0 Å². The van der Waals surface area contributed by atoms with E-state index in [1.54, 1.807) is 0 Å². The summed E-state index contributed by atoms with van der Waals surface area (Å²) >= 11 is 2.25. The van der Waals surface area contributed by atoms with E-state index in [-0.39, 0.29) is 16.1 Å². The van der Waals surface area contributed by atoms with Crippen LogP contribution in [0.2, 0.25) is 0 Å². The van der Waals surface area contributed by atoms with Gasteiger partial charge in [0.1, 0.15) is 0 Å². The zero-order valence-corrected chi connectivity index (χ0v) is 9.25. The molecular weight excluding hydrogens is 203 g/mol. The standard InChI is InChI=1S/C10H9.ClH.Ti/c1-8-6-7-9-4-2-3-5-10(8)9;;/h2-7H,1H3;1H;. The first-order valence-electron chi connectivity index (χ1n) is 3.74. The molecule has 2 heteroatoms. The first-order valence-corrected chi connectivity index (χ1v) is 4.52. The minimum absolute atomic E-state index is 0. The Morgan fingerprint density at radius 2 is 1.92 bits per heavy atom. The maximum atomic E-state index is 2.26. The van der Waals surface area contributed by atoms with Crippen LogP contribution in [0.15, 0.2) is 30.3 Å². The van der Waals surface area contributed by atoms with Crippen molar-refractivity contribution in [3.63, 3.8) is 0 Å². The van der Waals surface area contributed by atoms with Crippen LogP contribution in [0.3, 0.4) is 0 Å². The summed E-state index contributed by atoms with van der Waals surface area (Å²) in [5.74, 6) is 0. The average Bonchev–Trinajstić information content (AvgIpc) is 2.29. The first kappa shape index (κ1) is 10.0. The Kier molecular flexibility index (Phi) is 2.82. The average molecular weight is 214 g/mol. The third-order valence-corrected chi connectivity index (χ3v) is 2.80. The molecule has 0 saturated carbocycles. The summed E-state index contributed by atoms with van der Waals surface area (Å²) in [5.41, 5.74) is 2.82. The van der Waals surface area contributed by atoms with Crippen molar-refractivity contribution in [2.24, 2.45) is 0 Å². The Morgan fingerprint density at radius 1 is 1.25 bits per heavy atom. The third-order valence-electron chi connectivity index (χ3n) is 2.12. The van der Waals surface area contributed by atoms with E-state index in [2.05, 4.69) is 63.8 Å². The molecule has 0 amide bonds. The van der Waals surface area contributed by atoms with E-state index in [0.717, 1.165) is 0 Å². The summed E-state index contributed by atoms with van der Waals surface area (Å²) < 4.78 is 0.247. The van der Waals surface area contributed by atoms with Gasteiger partial charge < -0.3 is 0 Å². The van der Waals surface area contributed by atoms with Crippen molar-refractivity contribution >= 4 is 18.5 Å². The summed E-state index contributed by atoms with van der Waals surface area (Å²) in [4.78, 5) is 0. The smallest absolute Gasteiger partial charge is 0.147 e. The van der Waals surface area contributed by atoms with Crippen molar-refractivity contribution in [3.8, 4) is 0 Å². The van der Waals surface area contributed by atoms with Crippen LogP contribution in [0.5, 0.6) is 0 Å². The largest absolute Gasteiger partial charge is 0.147 e. The van der Waals surface area contributed by atoms with Crippen LogP contribution in [-0.2, 0) is 24.2 Å². The van der Waals surface area contributed by atoms with Gasteiger partial charge in [0, 0.05) is 0 Å². The normalized spacial score (nSPS) is 24.7. The number of rotatable bonds is 0. The van der Waals surface area contributed by atoms with E-state index in [0.29, 0.717) is 0 Å². The van der Waals surface area contributed by atoms with Gasteiger partial charge in [0.15, 0.2) is 0 Å². The summed E-state index contributed by atoms with van der Waals surface area (Å²) in [7, 11) is 0. The van der Waals surface area contributed by atoms with Gasteiger partial charge in [-0.05, 0) is 0 Å². The number of benzene rings is 1. The molecule has 0 nitrogen and oxygen atoms in total. The Morgan fingerprint density at radius 3 is 2.58 bits per heavy atom. The molecular formula is C10H10ClTi. The summed E-state index contributed by atoms with van der Waals surface area (Å²) in [6.45, 7) is 2.25. The summed E-state index contributed by atoms with van der Waals surface area (Å²) in [6.07, 6.45) is 4.47. The molecule has 0 saturated heterocycles. The fourth-order valence-corrected chi connectivity index (χ4v) is 1.95. The van der Waals surface area contributed by atoms with Crippen LogP contribution in [0, 0.1) is 0 Å². The molecule has 12 heavy (non-hydrogen) atoms. The van der Waals surface area contributed by atoms with Gasteiger partial charge in [-0.3, -0.25) is 0 Å². The molecule has 1 aromatic carbocycles. The van der Waals surface area contributed by atoms with Crippen molar-refractivity contribution in [1.29, 1.82) is 0 Å². The molecule has 61 valence electrons. The van der Waals surface area contributed by atoms with Crippen molar-refractivity contribution in [2.75, 3.05) is 0 Å². The summed E-state index contributed by atoms with van der Waals surface area (Å²) in [6, 6.07) is 8.56. The number of hydrogen-bond donors (Lipinski definition) is 0. The Labute approximate surface area is 90.9 Å². The predicted molar refractivity (Wildman–Crippen MR) is 50.1 cm³/mol. The molecule has 1 aliphatic carbocycles. The first-order chi connectivity index (χ1) is 5.20. The van der Waals surface area contributed by atoms with Crippen LogP contribution in [0.1, 0.15) is 18.1 Å². The maximum absolute atomic E-state index is 2.26. The molecule has 0 aromatic heterocycles. The zero-order chi connectivity index (χ0) is 7.90. The van der Waals surface area contributed by atoms with Gasteiger partial charge in [0.05, 0.1) is 0 Å². The number of fused-ring (bicyclic) bond motifs is 1. The second-order valence-electron chi connectivity index (χ2n) is 3.12.